The summed E-state index contributed by atoms with van der Waals surface area (Å²) in [5.41, 5.74) is -0.279. The molecule has 0 fully saturated rings. The summed E-state index contributed by atoms with van der Waals surface area (Å²) in [6.07, 6.45) is 2.03. The van der Waals surface area contributed by atoms with E-state index in [4.69, 9.17) is 0 Å². The number of hydrogen-bond donors (Lipinski definition) is 1. The molecular formula is C10H8F3NO2. The molecule has 0 amide bonds. The van der Waals surface area contributed by atoms with E-state index in [-0.39, 0.29) is 5.69 Å². The van der Waals surface area contributed by atoms with Crippen molar-refractivity contribution in [3.8, 4) is 0 Å². The molecule has 0 aromatic heterocycles. The van der Waals surface area contributed by atoms with Crippen LogP contribution in [0.2, 0.25) is 0 Å². The van der Waals surface area contributed by atoms with Crippen LogP contribution in [0.25, 0.3) is 0 Å². The first-order valence-electron chi connectivity index (χ1n) is 4.20. The Hall–Kier alpha value is -1.98. The highest BCUT2D eigenvalue weighted by Gasteiger charge is 2.08. The first-order chi connectivity index (χ1) is 7.54. The van der Waals surface area contributed by atoms with Crippen LogP contribution in [0.3, 0.4) is 0 Å². The second-order valence-electron chi connectivity index (χ2n) is 2.75. The lowest BCUT2D eigenvalue weighted by Crippen LogP contribution is -1.99. The van der Waals surface area contributed by atoms with Gasteiger partial charge in [-0.25, -0.2) is 18.0 Å². The van der Waals surface area contributed by atoms with E-state index in [2.05, 4.69) is 10.1 Å². The van der Waals surface area contributed by atoms with Gasteiger partial charge in [0.1, 0.15) is 5.82 Å². The van der Waals surface area contributed by atoms with Gasteiger partial charge in [-0.15, -0.1) is 0 Å². The Balaban J connectivity index is 2.78. The van der Waals surface area contributed by atoms with Crippen molar-refractivity contribution in [3.05, 3.63) is 41.9 Å². The van der Waals surface area contributed by atoms with Crippen LogP contribution < -0.4 is 5.32 Å². The summed E-state index contributed by atoms with van der Waals surface area (Å²) < 4.78 is 42.5. The molecule has 86 valence electrons. The van der Waals surface area contributed by atoms with Crippen LogP contribution in [0.15, 0.2) is 24.4 Å². The Morgan fingerprint density at radius 1 is 1.25 bits per heavy atom. The van der Waals surface area contributed by atoms with Crippen molar-refractivity contribution >= 4 is 11.7 Å². The zero-order chi connectivity index (χ0) is 12.1. The topological polar surface area (TPSA) is 38.3 Å². The van der Waals surface area contributed by atoms with E-state index in [0.29, 0.717) is 12.1 Å². The maximum Gasteiger partial charge on any atom is 0.331 e. The van der Waals surface area contributed by atoms with Gasteiger partial charge < -0.3 is 10.1 Å². The molecule has 0 aliphatic rings. The molecule has 0 radical (unpaired) electrons. The third kappa shape index (κ3) is 3.01. The van der Waals surface area contributed by atoms with Crippen LogP contribution in [0.4, 0.5) is 18.9 Å². The smallest absolute Gasteiger partial charge is 0.331 e. The predicted molar refractivity (Wildman–Crippen MR) is 51.1 cm³/mol. The molecule has 1 rings (SSSR count). The minimum atomic E-state index is -1.28. The SMILES string of the molecule is COC(=O)/C=C/Nc1cc(F)c(F)cc1F. The molecule has 6 heteroatoms. The second-order valence-corrected chi connectivity index (χ2v) is 2.75. The summed E-state index contributed by atoms with van der Waals surface area (Å²) in [5.74, 6) is -4.08. The maximum absolute atomic E-state index is 13.0. The number of ether oxygens (including phenoxy) is 1. The van der Waals surface area contributed by atoms with E-state index < -0.39 is 23.4 Å². The number of benzene rings is 1. The fourth-order valence-corrected chi connectivity index (χ4v) is 0.901. The number of nitrogens with one attached hydrogen (secondary N) is 1. The molecule has 3 nitrogen and oxygen atoms in total. The van der Waals surface area contributed by atoms with Crippen molar-refractivity contribution in [2.24, 2.45) is 0 Å². The highest BCUT2D eigenvalue weighted by Crippen LogP contribution is 2.18. The maximum atomic E-state index is 13.0. The zero-order valence-electron chi connectivity index (χ0n) is 8.26. The second kappa shape index (κ2) is 5.20. The lowest BCUT2D eigenvalue weighted by atomic mass is 10.3. The van der Waals surface area contributed by atoms with Crippen molar-refractivity contribution in [2.75, 3.05) is 12.4 Å². The average Bonchev–Trinajstić information content (AvgIpc) is 2.25. The molecular weight excluding hydrogens is 223 g/mol. The van der Waals surface area contributed by atoms with Crippen molar-refractivity contribution in [2.45, 2.75) is 0 Å². The van der Waals surface area contributed by atoms with Crippen LogP contribution in [0.5, 0.6) is 0 Å². The van der Waals surface area contributed by atoms with Gasteiger partial charge in [0.25, 0.3) is 0 Å². The summed E-state index contributed by atoms with van der Waals surface area (Å²) in [6, 6.07) is 1.05. The standard InChI is InChI=1S/C10H8F3NO2/c1-16-10(15)2-3-14-9-5-7(12)6(11)4-8(9)13/h2-5,14H,1H3/b3-2+. The normalized spacial score (nSPS) is 10.5. The van der Waals surface area contributed by atoms with E-state index in [1.54, 1.807) is 0 Å². The molecule has 0 saturated heterocycles. The number of carbonyl (C=O) groups is 1. The van der Waals surface area contributed by atoms with Gasteiger partial charge in [-0.3, -0.25) is 0 Å². The van der Waals surface area contributed by atoms with E-state index in [1.165, 1.54) is 7.11 Å². The van der Waals surface area contributed by atoms with E-state index >= 15 is 0 Å². The first kappa shape index (κ1) is 12.1. The van der Waals surface area contributed by atoms with Gasteiger partial charge in [-0.05, 0) is 0 Å². The van der Waals surface area contributed by atoms with Gasteiger partial charge in [0.15, 0.2) is 11.6 Å². The highest BCUT2D eigenvalue weighted by atomic mass is 19.2. The number of rotatable bonds is 3. The van der Waals surface area contributed by atoms with Gasteiger partial charge in [0.05, 0.1) is 12.8 Å². The Labute approximate surface area is 89.5 Å². The largest absolute Gasteiger partial charge is 0.466 e. The van der Waals surface area contributed by atoms with Crippen LogP contribution in [0.1, 0.15) is 0 Å². The fraction of sp³-hybridized carbons (Fsp3) is 0.100. The van der Waals surface area contributed by atoms with Crippen LogP contribution in [0, 0.1) is 17.5 Å². The quantitative estimate of drug-likeness (QED) is 0.492. The molecule has 0 atom stereocenters. The number of hydrogen-bond acceptors (Lipinski definition) is 3. The Morgan fingerprint density at radius 2 is 1.88 bits per heavy atom. The number of anilines is 1. The molecule has 0 unspecified atom stereocenters. The highest BCUT2D eigenvalue weighted by molar-refractivity contribution is 5.82. The van der Waals surface area contributed by atoms with Crippen molar-refractivity contribution in [1.29, 1.82) is 0 Å². The lowest BCUT2D eigenvalue weighted by molar-refractivity contribution is -0.134. The Morgan fingerprint density at radius 3 is 2.50 bits per heavy atom. The molecule has 16 heavy (non-hydrogen) atoms. The van der Waals surface area contributed by atoms with Gasteiger partial charge >= 0.3 is 5.97 Å². The molecule has 0 aliphatic carbocycles. The zero-order valence-corrected chi connectivity index (χ0v) is 8.26. The molecule has 0 aliphatic heterocycles. The minimum absolute atomic E-state index is 0.279. The number of methoxy groups -OCH3 is 1. The molecule has 0 saturated carbocycles. The molecule has 1 N–H and O–H groups in total. The fourth-order valence-electron chi connectivity index (χ4n) is 0.901. The lowest BCUT2D eigenvalue weighted by Gasteiger charge is -2.03. The number of carbonyl (C=O) groups excluding carboxylic acids is 1. The number of halogens is 3. The summed E-state index contributed by atoms with van der Waals surface area (Å²) in [7, 11) is 1.17. The van der Waals surface area contributed by atoms with Crippen molar-refractivity contribution in [3.63, 3.8) is 0 Å². The van der Waals surface area contributed by atoms with E-state index in [0.717, 1.165) is 12.3 Å². The van der Waals surface area contributed by atoms with Crippen molar-refractivity contribution in [1.82, 2.24) is 0 Å². The predicted octanol–water partition coefficient (Wildman–Crippen LogP) is 2.20. The Bertz CT molecular complexity index is 432. The van der Waals surface area contributed by atoms with Crippen LogP contribution in [-0.4, -0.2) is 13.1 Å². The molecule has 0 heterocycles. The summed E-state index contributed by atoms with van der Waals surface area (Å²) in [4.78, 5) is 10.6. The first-order valence-corrected chi connectivity index (χ1v) is 4.20. The molecule has 0 spiro atoms. The third-order valence-corrected chi connectivity index (χ3v) is 1.67. The van der Waals surface area contributed by atoms with Gasteiger partial charge in [-0.1, -0.05) is 0 Å². The summed E-state index contributed by atoms with van der Waals surface area (Å²) >= 11 is 0. The molecule has 0 bridgehead atoms. The average molecular weight is 231 g/mol. The minimum Gasteiger partial charge on any atom is -0.466 e. The van der Waals surface area contributed by atoms with Crippen molar-refractivity contribution < 1.29 is 22.7 Å². The summed E-state index contributed by atoms with van der Waals surface area (Å²) in [5, 5.41) is 2.28. The van der Waals surface area contributed by atoms with E-state index in [1.807, 2.05) is 0 Å². The summed E-state index contributed by atoms with van der Waals surface area (Å²) in [6.45, 7) is 0. The Kier molecular flexibility index (Phi) is 3.93. The third-order valence-electron chi connectivity index (χ3n) is 1.67. The van der Waals surface area contributed by atoms with Gasteiger partial charge in [-0.2, -0.15) is 0 Å². The number of esters is 1. The van der Waals surface area contributed by atoms with Gasteiger partial charge in [0.2, 0.25) is 0 Å². The van der Waals surface area contributed by atoms with Gasteiger partial charge in [0, 0.05) is 24.4 Å². The van der Waals surface area contributed by atoms with Crippen LogP contribution >= 0.6 is 0 Å². The van der Waals surface area contributed by atoms with Crippen LogP contribution in [-0.2, 0) is 9.53 Å². The monoisotopic (exact) mass is 231 g/mol. The molecule has 1 aromatic carbocycles. The molecule has 1 aromatic rings. The van der Waals surface area contributed by atoms with E-state index in [9.17, 15) is 18.0 Å².